The number of benzene rings is 1. The summed E-state index contributed by atoms with van der Waals surface area (Å²) in [5, 5.41) is 0. The van der Waals surface area contributed by atoms with E-state index in [0.29, 0.717) is 5.69 Å². The lowest BCUT2D eigenvalue weighted by atomic mass is 9.85. The molecule has 1 aliphatic rings. The molecule has 2 nitrogen and oxygen atoms in total. The quantitative estimate of drug-likeness (QED) is 0.867. The molecule has 2 rings (SSSR count). The summed E-state index contributed by atoms with van der Waals surface area (Å²) in [6.07, 6.45) is 3.90. The second-order valence-corrected chi connectivity index (χ2v) is 5.34. The van der Waals surface area contributed by atoms with Gasteiger partial charge in [-0.25, -0.2) is 4.39 Å². The van der Waals surface area contributed by atoms with Crippen molar-refractivity contribution in [2.75, 3.05) is 18.0 Å². The Hall–Kier alpha value is -1.09. The average molecular weight is 250 g/mol. The number of anilines is 1. The van der Waals surface area contributed by atoms with E-state index in [2.05, 4.69) is 11.8 Å². The summed E-state index contributed by atoms with van der Waals surface area (Å²) in [5.41, 5.74) is 7.35. The number of nitrogens with two attached hydrogens (primary N) is 1. The van der Waals surface area contributed by atoms with Gasteiger partial charge in [-0.2, -0.15) is 0 Å². The van der Waals surface area contributed by atoms with Crippen molar-refractivity contribution < 1.29 is 4.39 Å². The van der Waals surface area contributed by atoms with E-state index in [4.69, 9.17) is 5.73 Å². The molecule has 100 valence electrons. The van der Waals surface area contributed by atoms with Gasteiger partial charge in [0.05, 0.1) is 5.69 Å². The fourth-order valence-corrected chi connectivity index (χ4v) is 2.45. The molecule has 0 saturated heterocycles. The topological polar surface area (TPSA) is 29.3 Å². The number of hydrogen-bond acceptors (Lipinski definition) is 2. The van der Waals surface area contributed by atoms with Gasteiger partial charge in [0.1, 0.15) is 5.82 Å². The van der Waals surface area contributed by atoms with Crippen molar-refractivity contribution >= 4 is 5.69 Å². The molecule has 1 saturated carbocycles. The van der Waals surface area contributed by atoms with Gasteiger partial charge in [-0.1, -0.05) is 12.5 Å². The van der Waals surface area contributed by atoms with Gasteiger partial charge in [-0.15, -0.1) is 0 Å². The van der Waals surface area contributed by atoms with Crippen LogP contribution in [0.15, 0.2) is 18.2 Å². The molecule has 0 radical (unpaired) electrons. The van der Waals surface area contributed by atoms with Crippen molar-refractivity contribution in [1.82, 2.24) is 0 Å². The molecule has 1 aromatic carbocycles. The van der Waals surface area contributed by atoms with Gasteiger partial charge in [0, 0.05) is 19.1 Å². The molecule has 0 heterocycles. The van der Waals surface area contributed by atoms with Crippen LogP contribution < -0.4 is 10.6 Å². The molecule has 1 fully saturated rings. The van der Waals surface area contributed by atoms with Gasteiger partial charge in [0.15, 0.2) is 0 Å². The summed E-state index contributed by atoms with van der Waals surface area (Å²) in [6.45, 7) is 5.79. The van der Waals surface area contributed by atoms with Crippen LogP contribution in [0.2, 0.25) is 0 Å². The van der Waals surface area contributed by atoms with Gasteiger partial charge >= 0.3 is 0 Å². The third-order valence-electron chi connectivity index (χ3n) is 3.92. The Bertz CT molecular complexity index is 399. The van der Waals surface area contributed by atoms with E-state index in [1.807, 2.05) is 19.1 Å². The number of rotatable bonds is 5. The fourth-order valence-electron chi connectivity index (χ4n) is 2.45. The molecular formula is C15H23FN2. The fraction of sp³-hybridized carbons (Fsp3) is 0.600. The molecule has 0 amide bonds. The predicted molar refractivity (Wildman–Crippen MR) is 74.2 cm³/mol. The first-order valence-corrected chi connectivity index (χ1v) is 6.91. The normalized spacial score (nSPS) is 17.3. The summed E-state index contributed by atoms with van der Waals surface area (Å²) in [5.74, 6) is 0.600. The molecular weight excluding hydrogens is 227 g/mol. The summed E-state index contributed by atoms with van der Waals surface area (Å²) in [6, 6.07) is 5.27. The summed E-state index contributed by atoms with van der Waals surface area (Å²) < 4.78 is 14.1. The number of hydrogen-bond donors (Lipinski definition) is 1. The maximum absolute atomic E-state index is 14.1. The van der Waals surface area contributed by atoms with Crippen LogP contribution in [0, 0.1) is 11.7 Å². The van der Waals surface area contributed by atoms with E-state index < -0.39 is 0 Å². The highest BCUT2D eigenvalue weighted by Crippen LogP contribution is 2.30. The SMILES string of the molecule is CCN(CC1CCC1)c1ccc(C(C)N)cc1F. The lowest BCUT2D eigenvalue weighted by Gasteiger charge is -2.33. The third kappa shape index (κ3) is 2.83. The standard InChI is InChI=1S/C15H23FN2/c1-3-18(10-12-5-4-6-12)15-8-7-13(11(2)17)9-14(15)16/h7-9,11-12H,3-6,10,17H2,1-2H3. The van der Waals surface area contributed by atoms with Crippen molar-refractivity contribution in [2.24, 2.45) is 11.7 Å². The molecule has 0 spiro atoms. The minimum atomic E-state index is -0.147. The van der Waals surface area contributed by atoms with Crippen molar-refractivity contribution in [3.8, 4) is 0 Å². The van der Waals surface area contributed by atoms with Crippen LogP contribution in [0.1, 0.15) is 44.7 Å². The maximum atomic E-state index is 14.1. The smallest absolute Gasteiger partial charge is 0.146 e. The van der Waals surface area contributed by atoms with Crippen LogP contribution >= 0.6 is 0 Å². The zero-order chi connectivity index (χ0) is 13.1. The first-order valence-electron chi connectivity index (χ1n) is 6.91. The monoisotopic (exact) mass is 250 g/mol. The summed E-state index contributed by atoms with van der Waals surface area (Å²) >= 11 is 0. The zero-order valence-electron chi connectivity index (χ0n) is 11.3. The summed E-state index contributed by atoms with van der Waals surface area (Å²) in [7, 11) is 0. The van der Waals surface area contributed by atoms with Gasteiger partial charge in [-0.05, 0) is 50.3 Å². The van der Waals surface area contributed by atoms with Crippen molar-refractivity contribution in [3.63, 3.8) is 0 Å². The van der Waals surface area contributed by atoms with E-state index in [0.717, 1.165) is 24.6 Å². The maximum Gasteiger partial charge on any atom is 0.146 e. The minimum absolute atomic E-state index is 0.116. The Morgan fingerprint density at radius 1 is 1.44 bits per heavy atom. The van der Waals surface area contributed by atoms with Crippen molar-refractivity contribution in [3.05, 3.63) is 29.6 Å². The van der Waals surface area contributed by atoms with Gasteiger partial charge < -0.3 is 10.6 Å². The lowest BCUT2D eigenvalue weighted by molar-refractivity contribution is 0.318. The van der Waals surface area contributed by atoms with Crippen molar-refractivity contribution in [2.45, 2.75) is 39.2 Å². The second-order valence-electron chi connectivity index (χ2n) is 5.34. The molecule has 1 unspecified atom stereocenters. The van der Waals surface area contributed by atoms with E-state index in [9.17, 15) is 4.39 Å². The van der Waals surface area contributed by atoms with E-state index in [1.54, 1.807) is 6.07 Å². The molecule has 2 N–H and O–H groups in total. The average Bonchev–Trinajstić information content (AvgIpc) is 2.29. The second kappa shape index (κ2) is 5.70. The van der Waals surface area contributed by atoms with Crippen LogP contribution in [0.25, 0.3) is 0 Å². The van der Waals surface area contributed by atoms with Crippen LogP contribution in [-0.2, 0) is 0 Å². The lowest BCUT2D eigenvalue weighted by Crippen LogP contribution is -2.33. The van der Waals surface area contributed by atoms with Crippen LogP contribution in [0.3, 0.4) is 0 Å². The Morgan fingerprint density at radius 3 is 2.61 bits per heavy atom. The summed E-state index contributed by atoms with van der Waals surface area (Å²) in [4.78, 5) is 2.14. The molecule has 1 aliphatic carbocycles. The Kier molecular flexibility index (Phi) is 4.23. The largest absolute Gasteiger partial charge is 0.369 e. The minimum Gasteiger partial charge on any atom is -0.369 e. The number of halogens is 1. The van der Waals surface area contributed by atoms with Crippen molar-refractivity contribution in [1.29, 1.82) is 0 Å². The first kappa shape index (κ1) is 13.3. The number of nitrogens with zero attached hydrogens (tertiary/aromatic N) is 1. The van der Waals surface area contributed by atoms with Gasteiger partial charge in [-0.3, -0.25) is 0 Å². The molecule has 1 aromatic rings. The Balaban J connectivity index is 2.14. The third-order valence-corrected chi connectivity index (χ3v) is 3.92. The first-order chi connectivity index (χ1) is 8.61. The van der Waals surface area contributed by atoms with Gasteiger partial charge in [0.25, 0.3) is 0 Å². The highest BCUT2D eigenvalue weighted by atomic mass is 19.1. The molecule has 0 aromatic heterocycles. The molecule has 1 atom stereocenters. The Morgan fingerprint density at radius 2 is 2.17 bits per heavy atom. The van der Waals surface area contributed by atoms with E-state index >= 15 is 0 Å². The van der Waals surface area contributed by atoms with E-state index in [-0.39, 0.29) is 11.9 Å². The van der Waals surface area contributed by atoms with Gasteiger partial charge in [0.2, 0.25) is 0 Å². The molecule has 0 bridgehead atoms. The highest BCUT2D eigenvalue weighted by Gasteiger charge is 2.21. The predicted octanol–water partition coefficient (Wildman–Crippen LogP) is 3.47. The molecule has 0 aliphatic heterocycles. The van der Waals surface area contributed by atoms with Crippen LogP contribution in [-0.4, -0.2) is 13.1 Å². The van der Waals surface area contributed by atoms with Crippen LogP contribution in [0.4, 0.5) is 10.1 Å². The van der Waals surface area contributed by atoms with Crippen LogP contribution in [0.5, 0.6) is 0 Å². The van der Waals surface area contributed by atoms with E-state index in [1.165, 1.54) is 19.3 Å². The Labute approximate surface area is 109 Å². The zero-order valence-corrected chi connectivity index (χ0v) is 11.3. The molecule has 3 heteroatoms. The highest BCUT2D eigenvalue weighted by molar-refractivity contribution is 5.49. The molecule has 18 heavy (non-hydrogen) atoms.